The van der Waals surface area contributed by atoms with E-state index in [9.17, 15) is 0 Å². The van der Waals surface area contributed by atoms with Crippen LogP contribution in [0.5, 0.6) is 0 Å². The third kappa shape index (κ3) is 1.66. The second kappa shape index (κ2) is 3.87. The van der Waals surface area contributed by atoms with Gasteiger partial charge in [0.25, 0.3) is 0 Å². The van der Waals surface area contributed by atoms with Crippen molar-refractivity contribution < 1.29 is 0 Å². The summed E-state index contributed by atoms with van der Waals surface area (Å²) in [6, 6.07) is 12.4. The molecule has 1 unspecified atom stereocenters. The molecule has 0 aliphatic carbocycles. The lowest BCUT2D eigenvalue weighted by molar-refractivity contribution is 0.925. The van der Waals surface area contributed by atoms with Gasteiger partial charge < -0.3 is 5.73 Å². The standard InChI is InChI=1S/C14H15N/c1-3-14(15)13-9-8-10(2)11-6-4-5-7-12(11)13/h3-9,14H,1,15H2,2H3. The van der Waals surface area contributed by atoms with E-state index < -0.39 is 0 Å². The molecule has 0 saturated carbocycles. The molecule has 0 radical (unpaired) electrons. The van der Waals surface area contributed by atoms with Crippen molar-refractivity contribution in [3.8, 4) is 0 Å². The fourth-order valence-electron chi connectivity index (χ4n) is 1.89. The van der Waals surface area contributed by atoms with Crippen molar-refractivity contribution in [2.24, 2.45) is 5.73 Å². The molecule has 1 nitrogen and oxygen atoms in total. The van der Waals surface area contributed by atoms with Gasteiger partial charge >= 0.3 is 0 Å². The summed E-state index contributed by atoms with van der Waals surface area (Å²) >= 11 is 0. The van der Waals surface area contributed by atoms with Crippen LogP contribution >= 0.6 is 0 Å². The minimum Gasteiger partial charge on any atom is -0.321 e. The van der Waals surface area contributed by atoms with Gasteiger partial charge in [-0.3, -0.25) is 0 Å². The van der Waals surface area contributed by atoms with Crippen LogP contribution in [0.25, 0.3) is 10.8 Å². The number of fused-ring (bicyclic) bond motifs is 1. The van der Waals surface area contributed by atoms with E-state index in [1.165, 1.54) is 16.3 Å². The zero-order valence-corrected chi connectivity index (χ0v) is 8.90. The van der Waals surface area contributed by atoms with E-state index in [0.29, 0.717) is 0 Å². The summed E-state index contributed by atoms with van der Waals surface area (Å²) in [6.45, 7) is 5.86. The molecule has 0 saturated heterocycles. The number of rotatable bonds is 2. The van der Waals surface area contributed by atoms with Gasteiger partial charge in [-0.15, -0.1) is 6.58 Å². The maximum Gasteiger partial charge on any atom is 0.0484 e. The average Bonchev–Trinajstić information content (AvgIpc) is 2.29. The van der Waals surface area contributed by atoms with Gasteiger partial charge in [0.2, 0.25) is 0 Å². The van der Waals surface area contributed by atoms with Crippen molar-refractivity contribution in [2.75, 3.05) is 0 Å². The summed E-state index contributed by atoms with van der Waals surface area (Å²) in [4.78, 5) is 0. The highest BCUT2D eigenvalue weighted by Crippen LogP contribution is 2.26. The number of hydrogen-bond donors (Lipinski definition) is 1. The molecule has 0 aromatic heterocycles. The van der Waals surface area contributed by atoms with Crippen molar-refractivity contribution >= 4 is 10.8 Å². The van der Waals surface area contributed by atoms with Gasteiger partial charge in [-0.25, -0.2) is 0 Å². The fourth-order valence-corrected chi connectivity index (χ4v) is 1.89. The predicted molar refractivity (Wildman–Crippen MR) is 65.8 cm³/mol. The summed E-state index contributed by atoms with van der Waals surface area (Å²) in [5.41, 5.74) is 8.42. The van der Waals surface area contributed by atoms with Gasteiger partial charge in [0.05, 0.1) is 0 Å². The lowest BCUT2D eigenvalue weighted by atomic mass is 9.96. The third-order valence-electron chi connectivity index (χ3n) is 2.79. The van der Waals surface area contributed by atoms with Crippen molar-refractivity contribution in [2.45, 2.75) is 13.0 Å². The summed E-state index contributed by atoms with van der Waals surface area (Å²) < 4.78 is 0. The van der Waals surface area contributed by atoms with Crippen LogP contribution in [-0.4, -0.2) is 0 Å². The molecule has 0 bridgehead atoms. The highest BCUT2D eigenvalue weighted by atomic mass is 14.6. The SMILES string of the molecule is C=CC(N)c1ccc(C)c2ccccc12. The van der Waals surface area contributed by atoms with Crippen molar-refractivity contribution in [1.82, 2.24) is 0 Å². The van der Waals surface area contributed by atoms with Crippen LogP contribution in [0.1, 0.15) is 17.2 Å². The number of aryl methyl sites for hydroxylation is 1. The third-order valence-corrected chi connectivity index (χ3v) is 2.79. The molecule has 0 heterocycles. The van der Waals surface area contributed by atoms with Gasteiger partial charge in [0, 0.05) is 6.04 Å². The molecular formula is C14H15N. The largest absolute Gasteiger partial charge is 0.321 e. The van der Waals surface area contributed by atoms with Crippen LogP contribution in [0.2, 0.25) is 0 Å². The Balaban J connectivity index is 2.77. The number of nitrogens with two attached hydrogens (primary N) is 1. The van der Waals surface area contributed by atoms with Crippen molar-refractivity contribution in [1.29, 1.82) is 0 Å². The molecule has 0 fully saturated rings. The molecule has 0 aliphatic rings. The van der Waals surface area contributed by atoms with Crippen LogP contribution in [0, 0.1) is 6.92 Å². The predicted octanol–water partition coefficient (Wildman–Crippen LogP) is 3.33. The Bertz CT molecular complexity index is 500. The molecule has 1 atom stereocenters. The van der Waals surface area contributed by atoms with Gasteiger partial charge in [-0.05, 0) is 28.8 Å². The van der Waals surface area contributed by atoms with E-state index in [1.54, 1.807) is 6.08 Å². The van der Waals surface area contributed by atoms with E-state index in [1.807, 2.05) is 6.07 Å². The molecule has 0 amide bonds. The van der Waals surface area contributed by atoms with E-state index in [0.717, 1.165) is 5.56 Å². The Morgan fingerprint density at radius 2 is 1.80 bits per heavy atom. The molecule has 0 aliphatic heterocycles. The lowest BCUT2D eigenvalue weighted by Crippen LogP contribution is -2.07. The molecule has 2 rings (SSSR count). The Hall–Kier alpha value is -1.60. The van der Waals surface area contributed by atoms with Gasteiger partial charge in [-0.1, -0.05) is 42.5 Å². The maximum atomic E-state index is 5.99. The minimum atomic E-state index is -0.0875. The topological polar surface area (TPSA) is 26.0 Å². The normalized spacial score (nSPS) is 12.7. The summed E-state index contributed by atoms with van der Waals surface area (Å²) in [5.74, 6) is 0. The first-order valence-electron chi connectivity index (χ1n) is 5.10. The molecule has 2 aromatic rings. The van der Waals surface area contributed by atoms with Crippen LogP contribution in [-0.2, 0) is 0 Å². The highest BCUT2D eigenvalue weighted by Gasteiger charge is 2.07. The molecular weight excluding hydrogens is 182 g/mol. The minimum absolute atomic E-state index is 0.0875. The molecule has 2 N–H and O–H groups in total. The second-order valence-electron chi connectivity index (χ2n) is 3.78. The Morgan fingerprint density at radius 3 is 2.47 bits per heavy atom. The zero-order chi connectivity index (χ0) is 10.8. The molecule has 76 valence electrons. The number of hydrogen-bond acceptors (Lipinski definition) is 1. The molecule has 1 heteroatoms. The summed E-state index contributed by atoms with van der Waals surface area (Å²) in [6.07, 6.45) is 1.77. The van der Waals surface area contributed by atoms with Crippen LogP contribution < -0.4 is 5.73 Å². The average molecular weight is 197 g/mol. The van der Waals surface area contributed by atoms with Crippen LogP contribution in [0.15, 0.2) is 49.1 Å². The first kappa shape index (κ1) is 9.94. The summed E-state index contributed by atoms with van der Waals surface area (Å²) in [7, 11) is 0. The lowest BCUT2D eigenvalue weighted by Gasteiger charge is -2.12. The molecule has 15 heavy (non-hydrogen) atoms. The Kier molecular flexibility index (Phi) is 2.57. The van der Waals surface area contributed by atoms with Gasteiger partial charge in [0.1, 0.15) is 0 Å². The smallest absolute Gasteiger partial charge is 0.0484 e. The van der Waals surface area contributed by atoms with E-state index in [4.69, 9.17) is 5.73 Å². The number of benzene rings is 2. The highest BCUT2D eigenvalue weighted by molar-refractivity contribution is 5.89. The molecule has 0 spiro atoms. The molecule has 2 aromatic carbocycles. The van der Waals surface area contributed by atoms with Crippen LogP contribution in [0.4, 0.5) is 0 Å². The zero-order valence-electron chi connectivity index (χ0n) is 8.90. The Morgan fingerprint density at radius 1 is 1.13 bits per heavy atom. The van der Waals surface area contributed by atoms with E-state index in [2.05, 4.69) is 43.8 Å². The quantitative estimate of drug-likeness (QED) is 0.734. The maximum absolute atomic E-state index is 5.99. The second-order valence-corrected chi connectivity index (χ2v) is 3.78. The fraction of sp³-hybridized carbons (Fsp3) is 0.143. The van der Waals surface area contributed by atoms with Crippen molar-refractivity contribution in [3.05, 3.63) is 60.2 Å². The monoisotopic (exact) mass is 197 g/mol. The van der Waals surface area contributed by atoms with Gasteiger partial charge in [-0.2, -0.15) is 0 Å². The first-order chi connectivity index (χ1) is 7.24. The van der Waals surface area contributed by atoms with E-state index in [-0.39, 0.29) is 6.04 Å². The van der Waals surface area contributed by atoms with Crippen LogP contribution in [0.3, 0.4) is 0 Å². The Labute approximate surface area is 90.2 Å². The van der Waals surface area contributed by atoms with Gasteiger partial charge in [0.15, 0.2) is 0 Å². The summed E-state index contributed by atoms with van der Waals surface area (Å²) in [5, 5.41) is 2.50. The van der Waals surface area contributed by atoms with E-state index >= 15 is 0 Å². The van der Waals surface area contributed by atoms with Crippen molar-refractivity contribution in [3.63, 3.8) is 0 Å². The first-order valence-corrected chi connectivity index (χ1v) is 5.10.